The quantitative estimate of drug-likeness (QED) is 0.390. The van der Waals surface area contributed by atoms with Crippen molar-refractivity contribution in [3.05, 3.63) is 52.1 Å². The second-order valence-corrected chi connectivity index (χ2v) is 4.69. The van der Waals surface area contributed by atoms with Crippen LogP contribution in [0.25, 0.3) is 0 Å². The number of alkyl halides is 1. The molecule has 26 heavy (non-hydrogen) atoms. The van der Waals surface area contributed by atoms with Gasteiger partial charge in [-0.05, 0) is 12.1 Å². The van der Waals surface area contributed by atoms with E-state index in [9.17, 15) is 14.5 Å². The molecule has 2 aromatic rings. The van der Waals surface area contributed by atoms with Crippen LogP contribution < -0.4 is 11.1 Å². The maximum absolute atomic E-state index is 11.0. The fourth-order valence-corrected chi connectivity index (χ4v) is 1.98. The van der Waals surface area contributed by atoms with E-state index in [1.807, 2.05) is 13.8 Å². The fourth-order valence-electron chi connectivity index (χ4n) is 1.98. The monoisotopic (exact) mass is 367 g/mol. The molecule has 0 radical (unpaired) electrons. The van der Waals surface area contributed by atoms with Gasteiger partial charge in [-0.3, -0.25) is 24.5 Å². The van der Waals surface area contributed by atoms with Gasteiger partial charge < -0.3 is 16.2 Å². The van der Waals surface area contributed by atoms with Gasteiger partial charge in [0.25, 0.3) is 5.69 Å². The lowest BCUT2D eigenvalue weighted by Crippen LogP contribution is -2.09. The van der Waals surface area contributed by atoms with Crippen LogP contribution in [0, 0.1) is 10.1 Å². The molecule has 0 spiro atoms. The minimum atomic E-state index is -0.472. The molecule has 1 aromatic heterocycles. The Hall–Kier alpha value is -2.81. The molecule has 0 aliphatic rings. The summed E-state index contributed by atoms with van der Waals surface area (Å²) in [6, 6.07) is 4.52. The number of anilines is 2. The zero-order chi connectivity index (χ0) is 19.9. The SMILES string of the molecule is CC.CF.Nc1ccc(NCCc2cncc(CCO)n2)c([N+](=O)[O-])c1. The third-order valence-electron chi connectivity index (χ3n) is 3.02. The summed E-state index contributed by atoms with van der Waals surface area (Å²) in [6.07, 6.45) is 4.27. The summed E-state index contributed by atoms with van der Waals surface area (Å²) in [7, 11) is 0.500. The number of aliphatic hydroxyl groups is 1. The van der Waals surface area contributed by atoms with Crippen molar-refractivity contribution in [2.75, 3.05) is 31.4 Å². The van der Waals surface area contributed by atoms with Gasteiger partial charge in [-0.15, -0.1) is 0 Å². The molecule has 1 heterocycles. The molecule has 0 amide bonds. The van der Waals surface area contributed by atoms with Crippen LogP contribution in [0.15, 0.2) is 30.6 Å². The van der Waals surface area contributed by atoms with Gasteiger partial charge >= 0.3 is 0 Å². The Morgan fingerprint density at radius 2 is 1.85 bits per heavy atom. The topological polar surface area (TPSA) is 127 Å². The molecule has 1 aromatic carbocycles. The third-order valence-corrected chi connectivity index (χ3v) is 3.02. The highest BCUT2D eigenvalue weighted by atomic mass is 19.1. The molecule has 0 bridgehead atoms. The lowest BCUT2D eigenvalue weighted by molar-refractivity contribution is -0.383. The van der Waals surface area contributed by atoms with Gasteiger partial charge in [0.2, 0.25) is 0 Å². The van der Waals surface area contributed by atoms with Gasteiger partial charge in [-0.25, -0.2) is 0 Å². The van der Waals surface area contributed by atoms with E-state index >= 15 is 0 Å². The van der Waals surface area contributed by atoms with E-state index in [0.717, 1.165) is 11.4 Å². The third kappa shape index (κ3) is 7.84. The largest absolute Gasteiger partial charge is 0.399 e. The number of aromatic nitrogens is 2. The Bertz CT molecular complexity index is 671. The highest BCUT2D eigenvalue weighted by Gasteiger charge is 2.13. The van der Waals surface area contributed by atoms with Crippen molar-refractivity contribution in [3.8, 4) is 0 Å². The number of hydrogen-bond acceptors (Lipinski definition) is 7. The van der Waals surface area contributed by atoms with Crippen molar-refractivity contribution in [1.82, 2.24) is 9.97 Å². The zero-order valence-corrected chi connectivity index (χ0v) is 15.3. The van der Waals surface area contributed by atoms with Crippen molar-refractivity contribution in [2.24, 2.45) is 0 Å². The first kappa shape index (κ1) is 23.2. The van der Waals surface area contributed by atoms with Gasteiger partial charge in [-0.2, -0.15) is 0 Å². The summed E-state index contributed by atoms with van der Waals surface area (Å²) in [5.74, 6) is 0. The molecule has 0 saturated carbocycles. The number of nitrogens with two attached hydrogens (primary N) is 1. The number of hydrogen-bond donors (Lipinski definition) is 3. The summed E-state index contributed by atoms with van der Waals surface area (Å²) >= 11 is 0. The van der Waals surface area contributed by atoms with Crippen LogP contribution in [0.5, 0.6) is 0 Å². The normalized spacial score (nSPS) is 9.27. The summed E-state index contributed by atoms with van der Waals surface area (Å²) in [6.45, 7) is 4.50. The molecule has 4 N–H and O–H groups in total. The smallest absolute Gasteiger partial charge is 0.294 e. The average molecular weight is 367 g/mol. The lowest BCUT2D eigenvalue weighted by atomic mass is 10.2. The van der Waals surface area contributed by atoms with Crippen LogP contribution in [-0.2, 0) is 12.8 Å². The number of nitrogen functional groups attached to an aromatic ring is 1. The average Bonchev–Trinajstić information content (AvgIpc) is 2.67. The van der Waals surface area contributed by atoms with Crippen molar-refractivity contribution < 1.29 is 14.4 Å². The lowest BCUT2D eigenvalue weighted by Gasteiger charge is -2.08. The Kier molecular flexibility index (Phi) is 12.0. The molecule has 0 atom stereocenters. The molecule has 0 saturated heterocycles. The second-order valence-electron chi connectivity index (χ2n) is 4.69. The van der Waals surface area contributed by atoms with Crippen molar-refractivity contribution in [2.45, 2.75) is 26.7 Å². The van der Waals surface area contributed by atoms with Gasteiger partial charge in [0, 0.05) is 50.1 Å². The molecule has 9 heteroatoms. The molecule has 2 rings (SSSR count). The van der Waals surface area contributed by atoms with Crippen molar-refractivity contribution in [1.29, 1.82) is 0 Å². The highest BCUT2D eigenvalue weighted by Crippen LogP contribution is 2.26. The predicted octanol–water partition coefficient (Wildman–Crippen LogP) is 2.77. The van der Waals surface area contributed by atoms with E-state index in [2.05, 4.69) is 15.3 Å². The Labute approximate surface area is 152 Å². The molecular formula is C17H26FN5O3. The maximum Gasteiger partial charge on any atom is 0.294 e. The second kappa shape index (κ2) is 13.5. The predicted molar refractivity (Wildman–Crippen MR) is 101 cm³/mol. The van der Waals surface area contributed by atoms with E-state index < -0.39 is 4.92 Å². The van der Waals surface area contributed by atoms with Crippen LogP contribution in [0.1, 0.15) is 25.2 Å². The van der Waals surface area contributed by atoms with Crippen LogP contribution in [0.4, 0.5) is 21.5 Å². The van der Waals surface area contributed by atoms with E-state index in [4.69, 9.17) is 10.8 Å². The molecule has 144 valence electrons. The van der Waals surface area contributed by atoms with E-state index in [1.165, 1.54) is 6.07 Å². The Balaban J connectivity index is 0.00000146. The number of nitrogens with one attached hydrogen (secondary N) is 1. The number of halogens is 1. The molecule has 0 unspecified atom stereocenters. The fraction of sp³-hybridized carbons (Fsp3) is 0.412. The molecule has 0 fully saturated rings. The zero-order valence-electron chi connectivity index (χ0n) is 15.3. The van der Waals surface area contributed by atoms with Gasteiger partial charge in [0.1, 0.15) is 5.69 Å². The summed E-state index contributed by atoms with van der Waals surface area (Å²) in [4.78, 5) is 18.9. The maximum atomic E-state index is 11.0. The molecule has 0 aliphatic heterocycles. The number of rotatable bonds is 7. The van der Waals surface area contributed by atoms with Crippen LogP contribution in [0.2, 0.25) is 0 Å². The van der Waals surface area contributed by atoms with Crippen molar-refractivity contribution in [3.63, 3.8) is 0 Å². The standard InChI is InChI=1S/C14H17N5O3.C2H6.CH3F/c15-10-1-2-13(14(7-10)19(21)22)17-5-3-11-8-16-9-12(18-11)4-6-20;2*1-2/h1-2,7-9,17,20H,3-6,15H2;1-2H3;1H3. The van der Waals surface area contributed by atoms with E-state index in [1.54, 1.807) is 24.5 Å². The summed E-state index contributed by atoms with van der Waals surface area (Å²) in [5, 5.41) is 22.9. The van der Waals surface area contributed by atoms with Crippen LogP contribution in [-0.4, -0.2) is 40.3 Å². The Morgan fingerprint density at radius 1 is 1.23 bits per heavy atom. The first-order chi connectivity index (χ1) is 12.6. The number of nitro benzene ring substituents is 1. The summed E-state index contributed by atoms with van der Waals surface area (Å²) < 4.78 is 9.50. The number of nitro groups is 1. The number of benzene rings is 1. The van der Waals surface area contributed by atoms with Crippen LogP contribution >= 0.6 is 0 Å². The van der Waals surface area contributed by atoms with Gasteiger partial charge in [0.15, 0.2) is 0 Å². The minimum absolute atomic E-state index is 0.0218. The minimum Gasteiger partial charge on any atom is -0.399 e. The van der Waals surface area contributed by atoms with E-state index in [0.29, 0.717) is 37.9 Å². The van der Waals surface area contributed by atoms with Gasteiger partial charge in [0.05, 0.1) is 23.5 Å². The molecule has 0 aliphatic carbocycles. The molecular weight excluding hydrogens is 341 g/mol. The first-order valence-corrected chi connectivity index (χ1v) is 8.16. The van der Waals surface area contributed by atoms with Crippen molar-refractivity contribution >= 4 is 17.1 Å². The highest BCUT2D eigenvalue weighted by molar-refractivity contribution is 5.66. The number of aliphatic hydroxyl groups excluding tert-OH is 1. The number of nitrogens with zero attached hydrogens (tertiary/aromatic N) is 3. The first-order valence-electron chi connectivity index (χ1n) is 8.16. The Morgan fingerprint density at radius 3 is 2.42 bits per heavy atom. The summed E-state index contributed by atoms with van der Waals surface area (Å²) in [5.41, 5.74) is 7.75. The van der Waals surface area contributed by atoms with Gasteiger partial charge in [-0.1, -0.05) is 13.8 Å². The van der Waals surface area contributed by atoms with Crippen LogP contribution in [0.3, 0.4) is 0 Å². The van der Waals surface area contributed by atoms with E-state index in [-0.39, 0.29) is 12.3 Å². The molecule has 8 nitrogen and oxygen atoms in total.